The number of carbonyl (C=O) groups is 1. The molecule has 3 heterocycles. The molecule has 3 aromatic rings. The second-order valence-corrected chi connectivity index (χ2v) is 6.02. The van der Waals surface area contributed by atoms with Crippen LogP contribution in [0.3, 0.4) is 0 Å². The number of benzene rings is 1. The summed E-state index contributed by atoms with van der Waals surface area (Å²) in [6, 6.07) is 7.98. The summed E-state index contributed by atoms with van der Waals surface area (Å²) in [5, 5.41) is 13.4. The SMILES string of the molecule is O=C(NCCCc1nc2ccccc2[nH]1)c1n[nH]c2c1CNCC2. The van der Waals surface area contributed by atoms with Crippen molar-refractivity contribution in [3.8, 4) is 0 Å². The van der Waals surface area contributed by atoms with Gasteiger partial charge in [0.15, 0.2) is 5.69 Å². The van der Waals surface area contributed by atoms with Crippen molar-refractivity contribution in [2.24, 2.45) is 0 Å². The Morgan fingerprint density at radius 2 is 2.21 bits per heavy atom. The van der Waals surface area contributed by atoms with Crippen molar-refractivity contribution >= 4 is 16.9 Å². The maximum Gasteiger partial charge on any atom is 0.272 e. The van der Waals surface area contributed by atoms with E-state index in [0.29, 0.717) is 18.8 Å². The normalized spacial score (nSPS) is 13.8. The Labute approximate surface area is 139 Å². The second-order valence-electron chi connectivity index (χ2n) is 6.02. The Kier molecular flexibility index (Phi) is 4.00. The van der Waals surface area contributed by atoms with Gasteiger partial charge in [0.1, 0.15) is 5.82 Å². The van der Waals surface area contributed by atoms with Crippen LogP contribution in [0.1, 0.15) is 34.0 Å². The number of nitrogens with one attached hydrogen (secondary N) is 4. The monoisotopic (exact) mass is 324 g/mol. The standard InChI is InChI=1S/C17H20N6O/c24-17(16-11-10-18-9-7-12(11)22-23-16)19-8-3-6-15-20-13-4-1-2-5-14(13)21-15/h1-2,4-5,18H,3,6-10H2,(H,19,24)(H,20,21)(H,22,23). The van der Waals surface area contributed by atoms with Gasteiger partial charge in [-0.25, -0.2) is 4.98 Å². The number of aryl methyl sites for hydroxylation is 1. The van der Waals surface area contributed by atoms with E-state index in [4.69, 9.17) is 0 Å². The van der Waals surface area contributed by atoms with Crippen molar-refractivity contribution in [2.75, 3.05) is 13.1 Å². The van der Waals surface area contributed by atoms with Crippen molar-refractivity contribution in [3.05, 3.63) is 47.0 Å². The van der Waals surface area contributed by atoms with Crippen LogP contribution in [-0.4, -0.2) is 39.2 Å². The van der Waals surface area contributed by atoms with E-state index >= 15 is 0 Å². The number of carbonyl (C=O) groups excluding carboxylic acids is 1. The summed E-state index contributed by atoms with van der Waals surface area (Å²) in [6.45, 7) is 2.23. The third-order valence-electron chi connectivity index (χ3n) is 4.34. The third-order valence-corrected chi connectivity index (χ3v) is 4.34. The maximum absolute atomic E-state index is 12.3. The lowest BCUT2D eigenvalue weighted by atomic mass is 10.1. The number of amides is 1. The molecule has 4 N–H and O–H groups in total. The van der Waals surface area contributed by atoms with Crippen LogP contribution in [0, 0.1) is 0 Å². The summed E-state index contributed by atoms with van der Waals surface area (Å²) in [5.41, 5.74) is 4.61. The first-order valence-electron chi connectivity index (χ1n) is 8.30. The summed E-state index contributed by atoms with van der Waals surface area (Å²) in [6.07, 6.45) is 2.52. The number of nitrogens with zero attached hydrogens (tertiary/aromatic N) is 2. The first-order valence-corrected chi connectivity index (χ1v) is 8.30. The molecule has 7 nitrogen and oxygen atoms in total. The molecule has 24 heavy (non-hydrogen) atoms. The number of rotatable bonds is 5. The Hall–Kier alpha value is -2.67. The van der Waals surface area contributed by atoms with Gasteiger partial charge in [-0.15, -0.1) is 0 Å². The molecule has 0 saturated heterocycles. The smallest absolute Gasteiger partial charge is 0.272 e. The van der Waals surface area contributed by atoms with Gasteiger partial charge < -0.3 is 15.6 Å². The van der Waals surface area contributed by atoms with Crippen molar-refractivity contribution in [3.63, 3.8) is 0 Å². The van der Waals surface area contributed by atoms with E-state index in [2.05, 4.69) is 30.8 Å². The van der Waals surface area contributed by atoms with Crippen LogP contribution in [0.25, 0.3) is 11.0 Å². The van der Waals surface area contributed by atoms with Gasteiger partial charge in [0, 0.05) is 43.7 Å². The third kappa shape index (κ3) is 2.90. The first-order chi connectivity index (χ1) is 11.8. The van der Waals surface area contributed by atoms with Gasteiger partial charge in [0.25, 0.3) is 5.91 Å². The van der Waals surface area contributed by atoms with Crippen LogP contribution >= 0.6 is 0 Å². The highest BCUT2D eigenvalue weighted by molar-refractivity contribution is 5.94. The van der Waals surface area contributed by atoms with E-state index in [9.17, 15) is 4.79 Å². The maximum atomic E-state index is 12.3. The lowest BCUT2D eigenvalue weighted by molar-refractivity contribution is 0.0947. The molecular weight excluding hydrogens is 304 g/mol. The molecule has 0 bridgehead atoms. The summed E-state index contributed by atoms with van der Waals surface area (Å²) < 4.78 is 0. The van der Waals surface area contributed by atoms with E-state index in [0.717, 1.165) is 53.9 Å². The predicted octanol–water partition coefficient (Wildman–Crippen LogP) is 1.29. The van der Waals surface area contributed by atoms with Crippen molar-refractivity contribution in [1.82, 2.24) is 30.8 Å². The second kappa shape index (κ2) is 6.45. The van der Waals surface area contributed by atoms with Gasteiger partial charge in [-0.1, -0.05) is 12.1 Å². The van der Waals surface area contributed by atoms with E-state index in [1.165, 1.54) is 0 Å². The highest BCUT2D eigenvalue weighted by atomic mass is 16.1. The molecule has 0 fully saturated rings. The zero-order valence-electron chi connectivity index (χ0n) is 13.4. The van der Waals surface area contributed by atoms with Gasteiger partial charge in [0.05, 0.1) is 11.0 Å². The van der Waals surface area contributed by atoms with Gasteiger partial charge in [-0.05, 0) is 18.6 Å². The summed E-state index contributed by atoms with van der Waals surface area (Å²) in [7, 11) is 0. The number of para-hydroxylation sites is 2. The molecule has 124 valence electrons. The fraction of sp³-hybridized carbons (Fsp3) is 0.353. The van der Waals surface area contributed by atoms with Crippen LogP contribution in [-0.2, 0) is 19.4 Å². The Balaban J connectivity index is 1.31. The fourth-order valence-electron chi connectivity index (χ4n) is 3.08. The van der Waals surface area contributed by atoms with Crippen molar-refractivity contribution < 1.29 is 4.79 Å². The molecular formula is C17H20N6O. The average Bonchev–Trinajstić information content (AvgIpc) is 3.22. The Morgan fingerprint density at radius 1 is 1.29 bits per heavy atom. The molecule has 1 aliphatic rings. The number of hydrogen-bond acceptors (Lipinski definition) is 4. The highest BCUT2D eigenvalue weighted by Gasteiger charge is 2.21. The molecule has 0 atom stereocenters. The fourth-order valence-corrected chi connectivity index (χ4v) is 3.08. The van der Waals surface area contributed by atoms with Crippen molar-refractivity contribution in [2.45, 2.75) is 25.8 Å². The first kappa shape index (κ1) is 14.9. The molecule has 7 heteroatoms. The zero-order valence-corrected chi connectivity index (χ0v) is 13.4. The quantitative estimate of drug-likeness (QED) is 0.532. The zero-order chi connectivity index (χ0) is 16.4. The van der Waals surface area contributed by atoms with Crippen LogP contribution < -0.4 is 10.6 Å². The van der Waals surface area contributed by atoms with E-state index < -0.39 is 0 Å². The Bertz CT molecular complexity index is 832. The number of imidazole rings is 1. The van der Waals surface area contributed by atoms with Crippen LogP contribution in [0.15, 0.2) is 24.3 Å². The van der Waals surface area contributed by atoms with Gasteiger partial charge in [-0.2, -0.15) is 5.10 Å². The Morgan fingerprint density at radius 3 is 3.12 bits per heavy atom. The number of aromatic amines is 2. The largest absolute Gasteiger partial charge is 0.351 e. The average molecular weight is 324 g/mol. The molecule has 4 rings (SSSR count). The number of aromatic nitrogens is 4. The minimum atomic E-state index is -0.110. The van der Waals surface area contributed by atoms with Crippen LogP contribution in [0.2, 0.25) is 0 Å². The van der Waals surface area contributed by atoms with Crippen LogP contribution in [0.4, 0.5) is 0 Å². The lowest BCUT2D eigenvalue weighted by Crippen LogP contribution is -2.29. The molecule has 0 radical (unpaired) electrons. The van der Waals surface area contributed by atoms with Gasteiger partial charge >= 0.3 is 0 Å². The van der Waals surface area contributed by atoms with E-state index in [1.54, 1.807) is 0 Å². The molecule has 1 aliphatic heterocycles. The molecule has 0 unspecified atom stereocenters. The molecule has 0 aliphatic carbocycles. The number of fused-ring (bicyclic) bond motifs is 2. The minimum absolute atomic E-state index is 0.110. The van der Waals surface area contributed by atoms with Crippen molar-refractivity contribution in [1.29, 1.82) is 0 Å². The molecule has 1 aromatic carbocycles. The molecule has 0 saturated carbocycles. The summed E-state index contributed by atoms with van der Waals surface area (Å²) in [5.74, 6) is 0.840. The number of H-pyrrole nitrogens is 2. The number of hydrogen-bond donors (Lipinski definition) is 4. The molecule has 1 amide bonds. The summed E-state index contributed by atoms with van der Waals surface area (Å²) >= 11 is 0. The lowest BCUT2D eigenvalue weighted by Gasteiger charge is -2.12. The predicted molar refractivity (Wildman–Crippen MR) is 90.7 cm³/mol. The minimum Gasteiger partial charge on any atom is -0.351 e. The molecule has 0 spiro atoms. The van der Waals surface area contributed by atoms with Gasteiger partial charge in [-0.3, -0.25) is 9.89 Å². The summed E-state index contributed by atoms with van der Waals surface area (Å²) in [4.78, 5) is 20.1. The molecule has 2 aromatic heterocycles. The topological polar surface area (TPSA) is 98.5 Å². The van der Waals surface area contributed by atoms with E-state index in [1.807, 2.05) is 24.3 Å². The van der Waals surface area contributed by atoms with E-state index in [-0.39, 0.29) is 5.91 Å². The highest BCUT2D eigenvalue weighted by Crippen LogP contribution is 2.15. The van der Waals surface area contributed by atoms with Gasteiger partial charge in [0.2, 0.25) is 0 Å². The van der Waals surface area contributed by atoms with Crippen LogP contribution in [0.5, 0.6) is 0 Å².